The van der Waals surface area contributed by atoms with Crippen molar-refractivity contribution < 1.29 is 19.2 Å². The van der Waals surface area contributed by atoms with Crippen LogP contribution in [-0.2, 0) is 9.47 Å². The molecular formula is C14H19NO5. The number of benzene rings is 1. The average Bonchev–Trinajstić information content (AvgIpc) is 2.36. The highest BCUT2D eigenvalue weighted by atomic mass is 16.7. The minimum absolute atomic E-state index is 0.0624. The van der Waals surface area contributed by atoms with Gasteiger partial charge >= 0.3 is 0 Å². The number of Topliss-reactive ketones (excluding diaryl/α,β-unsaturated/α-hetero) is 1. The Labute approximate surface area is 117 Å². The zero-order valence-electron chi connectivity index (χ0n) is 12.0. The summed E-state index contributed by atoms with van der Waals surface area (Å²) in [6, 6.07) is 5.38. The standard InChI is InChI=1S/C14H19NO5/c1-9(2)19-14(20-10(3)4)13(16)11-5-7-12(8-6-11)15(17)18/h5-10,14H,1-4H3. The van der Waals surface area contributed by atoms with Gasteiger partial charge in [0, 0.05) is 17.7 Å². The molecule has 0 heterocycles. The fourth-order valence-electron chi connectivity index (χ4n) is 1.53. The molecule has 6 nitrogen and oxygen atoms in total. The lowest BCUT2D eigenvalue weighted by molar-refractivity contribution is -0.384. The van der Waals surface area contributed by atoms with Crippen molar-refractivity contribution in [2.24, 2.45) is 0 Å². The van der Waals surface area contributed by atoms with Gasteiger partial charge in [-0.3, -0.25) is 14.9 Å². The van der Waals surface area contributed by atoms with Crippen LogP contribution in [0.1, 0.15) is 38.1 Å². The Balaban J connectivity index is 2.90. The largest absolute Gasteiger partial charge is 0.343 e. The van der Waals surface area contributed by atoms with E-state index < -0.39 is 11.2 Å². The van der Waals surface area contributed by atoms with Crippen LogP contribution in [0.25, 0.3) is 0 Å². The summed E-state index contributed by atoms with van der Waals surface area (Å²) < 4.78 is 10.9. The average molecular weight is 281 g/mol. The first-order chi connectivity index (χ1) is 9.31. The molecular weight excluding hydrogens is 262 g/mol. The summed E-state index contributed by atoms with van der Waals surface area (Å²) >= 11 is 0. The number of rotatable bonds is 7. The molecule has 0 unspecified atom stereocenters. The number of ketones is 1. The Morgan fingerprint density at radius 2 is 1.50 bits per heavy atom. The second-order valence-electron chi connectivity index (χ2n) is 4.87. The molecule has 1 aromatic rings. The zero-order valence-corrected chi connectivity index (χ0v) is 12.0. The van der Waals surface area contributed by atoms with E-state index in [0.717, 1.165) is 0 Å². The van der Waals surface area contributed by atoms with Crippen LogP contribution in [0.5, 0.6) is 0 Å². The summed E-state index contributed by atoms with van der Waals surface area (Å²) in [4.78, 5) is 22.3. The normalized spacial score (nSPS) is 11.3. The van der Waals surface area contributed by atoms with Crippen LogP contribution >= 0.6 is 0 Å². The van der Waals surface area contributed by atoms with Gasteiger partial charge in [0.1, 0.15) is 0 Å². The second-order valence-corrected chi connectivity index (χ2v) is 4.87. The number of hydrogen-bond donors (Lipinski definition) is 0. The summed E-state index contributed by atoms with van der Waals surface area (Å²) in [5, 5.41) is 10.6. The molecule has 0 amide bonds. The summed E-state index contributed by atoms with van der Waals surface area (Å²) in [7, 11) is 0. The lowest BCUT2D eigenvalue weighted by atomic mass is 10.1. The van der Waals surface area contributed by atoms with Gasteiger partial charge in [0.15, 0.2) is 0 Å². The Hall–Kier alpha value is -1.79. The molecule has 0 saturated carbocycles. The Kier molecular flexibility index (Phi) is 5.79. The third-order valence-corrected chi connectivity index (χ3v) is 2.37. The summed E-state index contributed by atoms with van der Waals surface area (Å²) in [5.41, 5.74) is 0.259. The number of ether oxygens (including phenoxy) is 2. The Morgan fingerprint density at radius 1 is 1.05 bits per heavy atom. The quantitative estimate of drug-likeness (QED) is 0.332. The molecule has 1 rings (SSSR count). The first-order valence-corrected chi connectivity index (χ1v) is 6.41. The van der Waals surface area contributed by atoms with Crippen LogP contribution in [0.3, 0.4) is 0 Å². The van der Waals surface area contributed by atoms with Crippen LogP contribution in [0.15, 0.2) is 24.3 Å². The van der Waals surface area contributed by atoms with Crippen molar-refractivity contribution in [1.29, 1.82) is 0 Å². The van der Waals surface area contributed by atoms with Gasteiger partial charge in [0.2, 0.25) is 12.1 Å². The molecule has 0 atom stereocenters. The van der Waals surface area contributed by atoms with Crippen molar-refractivity contribution in [3.05, 3.63) is 39.9 Å². The van der Waals surface area contributed by atoms with E-state index in [9.17, 15) is 14.9 Å². The molecule has 0 aliphatic carbocycles. The van der Waals surface area contributed by atoms with Gasteiger partial charge in [-0.25, -0.2) is 0 Å². The van der Waals surface area contributed by atoms with E-state index in [1.165, 1.54) is 24.3 Å². The van der Waals surface area contributed by atoms with Crippen molar-refractivity contribution in [3.8, 4) is 0 Å². The molecule has 20 heavy (non-hydrogen) atoms. The molecule has 0 bridgehead atoms. The van der Waals surface area contributed by atoms with Crippen LogP contribution in [0.4, 0.5) is 5.69 Å². The molecule has 0 aromatic heterocycles. The maximum atomic E-state index is 12.3. The summed E-state index contributed by atoms with van der Waals surface area (Å²) in [5.74, 6) is -0.345. The molecule has 0 radical (unpaired) electrons. The van der Waals surface area contributed by atoms with Crippen LogP contribution < -0.4 is 0 Å². The van der Waals surface area contributed by atoms with Crippen molar-refractivity contribution in [2.75, 3.05) is 0 Å². The van der Waals surface area contributed by atoms with E-state index in [1.807, 2.05) is 0 Å². The van der Waals surface area contributed by atoms with Gasteiger partial charge in [-0.15, -0.1) is 0 Å². The Bertz CT molecular complexity index is 457. The summed E-state index contributed by atoms with van der Waals surface area (Å²) in [6.45, 7) is 7.22. The highest BCUT2D eigenvalue weighted by Gasteiger charge is 2.24. The molecule has 0 aliphatic rings. The minimum atomic E-state index is -1.00. The minimum Gasteiger partial charge on any atom is -0.343 e. The van der Waals surface area contributed by atoms with Gasteiger partial charge in [-0.2, -0.15) is 0 Å². The van der Waals surface area contributed by atoms with Gasteiger partial charge in [-0.1, -0.05) is 0 Å². The molecule has 0 saturated heterocycles. The number of hydrogen-bond acceptors (Lipinski definition) is 5. The van der Waals surface area contributed by atoms with E-state index >= 15 is 0 Å². The SMILES string of the molecule is CC(C)OC(OC(C)C)C(=O)c1ccc([N+](=O)[O-])cc1. The summed E-state index contributed by atoms with van der Waals surface area (Å²) in [6.07, 6.45) is -1.34. The van der Waals surface area contributed by atoms with E-state index in [-0.39, 0.29) is 23.7 Å². The number of non-ortho nitro benzene ring substituents is 1. The fraction of sp³-hybridized carbons (Fsp3) is 0.500. The van der Waals surface area contributed by atoms with Crippen molar-refractivity contribution >= 4 is 11.5 Å². The lowest BCUT2D eigenvalue weighted by Gasteiger charge is -2.21. The predicted molar refractivity (Wildman–Crippen MR) is 73.7 cm³/mol. The van der Waals surface area contributed by atoms with Crippen molar-refractivity contribution in [1.82, 2.24) is 0 Å². The van der Waals surface area contributed by atoms with E-state index in [1.54, 1.807) is 27.7 Å². The van der Waals surface area contributed by atoms with Crippen LogP contribution in [-0.4, -0.2) is 29.2 Å². The van der Waals surface area contributed by atoms with Crippen LogP contribution in [0.2, 0.25) is 0 Å². The number of carbonyl (C=O) groups excluding carboxylic acids is 1. The lowest BCUT2D eigenvalue weighted by Crippen LogP contribution is -2.32. The van der Waals surface area contributed by atoms with E-state index in [0.29, 0.717) is 5.56 Å². The van der Waals surface area contributed by atoms with Crippen LogP contribution in [0, 0.1) is 10.1 Å². The molecule has 0 N–H and O–H groups in total. The zero-order chi connectivity index (χ0) is 15.3. The number of nitro groups is 1. The molecule has 6 heteroatoms. The maximum absolute atomic E-state index is 12.3. The Morgan fingerprint density at radius 3 is 1.85 bits per heavy atom. The third-order valence-electron chi connectivity index (χ3n) is 2.37. The van der Waals surface area contributed by atoms with Gasteiger partial charge in [0.05, 0.1) is 17.1 Å². The highest BCUT2D eigenvalue weighted by molar-refractivity contribution is 5.98. The number of nitro benzene ring substituents is 1. The molecule has 0 aliphatic heterocycles. The van der Waals surface area contributed by atoms with E-state index in [4.69, 9.17) is 9.47 Å². The van der Waals surface area contributed by atoms with E-state index in [2.05, 4.69) is 0 Å². The van der Waals surface area contributed by atoms with Crippen molar-refractivity contribution in [2.45, 2.75) is 46.2 Å². The van der Waals surface area contributed by atoms with Gasteiger partial charge < -0.3 is 9.47 Å². The molecule has 0 fully saturated rings. The first kappa shape index (κ1) is 16.3. The van der Waals surface area contributed by atoms with Crippen molar-refractivity contribution in [3.63, 3.8) is 0 Å². The fourth-order valence-corrected chi connectivity index (χ4v) is 1.53. The van der Waals surface area contributed by atoms with Gasteiger partial charge in [-0.05, 0) is 39.8 Å². The molecule has 0 spiro atoms. The monoisotopic (exact) mass is 281 g/mol. The number of carbonyl (C=O) groups is 1. The maximum Gasteiger partial charge on any atom is 0.269 e. The molecule has 1 aromatic carbocycles. The highest BCUT2D eigenvalue weighted by Crippen LogP contribution is 2.16. The second kappa shape index (κ2) is 7.12. The first-order valence-electron chi connectivity index (χ1n) is 6.41. The topological polar surface area (TPSA) is 78.7 Å². The third kappa shape index (κ3) is 4.71. The van der Waals surface area contributed by atoms with Gasteiger partial charge in [0.25, 0.3) is 5.69 Å². The number of nitrogens with zero attached hydrogens (tertiary/aromatic N) is 1. The molecule has 110 valence electrons. The predicted octanol–water partition coefficient (Wildman–Crippen LogP) is 2.95. The smallest absolute Gasteiger partial charge is 0.269 e.